The number of carbonyl (C=O) groups excluding carboxylic acids is 1. The topological polar surface area (TPSA) is 42.0 Å². The number of nitrogens with one attached hydrogen (secondary N) is 1. The lowest BCUT2D eigenvalue weighted by molar-refractivity contribution is 0.0945. The molecule has 1 N–H and O–H groups in total. The minimum absolute atomic E-state index is 0.233. The number of pyridine rings is 1. The smallest absolute Gasteiger partial charge is 0.270 e. The van der Waals surface area contributed by atoms with Gasteiger partial charge in [-0.05, 0) is 36.8 Å². The lowest BCUT2D eigenvalue weighted by atomic mass is 10.2. The van der Waals surface area contributed by atoms with E-state index in [1.807, 2.05) is 13.0 Å². The maximum atomic E-state index is 12.7. The SMILES string of the molecule is Cc1cccc(C(=O)NCc2ccc(F)cc2)n1. The molecule has 0 aliphatic heterocycles. The van der Waals surface area contributed by atoms with Crippen LogP contribution in [0.3, 0.4) is 0 Å². The number of hydrogen-bond donors (Lipinski definition) is 1. The number of aromatic nitrogens is 1. The Labute approximate surface area is 105 Å². The fourth-order valence-corrected chi connectivity index (χ4v) is 1.54. The van der Waals surface area contributed by atoms with Crippen LogP contribution in [0.5, 0.6) is 0 Å². The Morgan fingerprint density at radius 2 is 1.94 bits per heavy atom. The van der Waals surface area contributed by atoms with Gasteiger partial charge in [0, 0.05) is 12.2 Å². The number of amides is 1. The number of halogens is 1. The zero-order chi connectivity index (χ0) is 13.0. The maximum Gasteiger partial charge on any atom is 0.270 e. The third kappa shape index (κ3) is 3.13. The standard InChI is InChI=1S/C14H13FN2O/c1-10-3-2-4-13(17-10)14(18)16-9-11-5-7-12(15)8-6-11/h2-8H,9H2,1H3,(H,16,18). The molecule has 0 saturated heterocycles. The Balaban J connectivity index is 1.98. The molecule has 1 aromatic heterocycles. The first kappa shape index (κ1) is 12.2. The van der Waals surface area contributed by atoms with Crippen molar-refractivity contribution in [3.05, 3.63) is 65.2 Å². The number of hydrogen-bond acceptors (Lipinski definition) is 2. The molecule has 0 atom stereocenters. The van der Waals surface area contributed by atoms with Crippen LogP contribution in [0.1, 0.15) is 21.7 Å². The van der Waals surface area contributed by atoms with Crippen LogP contribution in [-0.2, 0) is 6.54 Å². The largest absolute Gasteiger partial charge is 0.347 e. The zero-order valence-electron chi connectivity index (χ0n) is 9.98. The maximum absolute atomic E-state index is 12.7. The van der Waals surface area contributed by atoms with E-state index in [9.17, 15) is 9.18 Å². The van der Waals surface area contributed by atoms with E-state index in [0.29, 0.717) is 12.2 Å². The van der Waals surface area contributed by atoms with Gasteiger partial charge in [-0.2, -0.15) is 0 Å². The first-order chi connectivity index (χ1) is 8.65. The van der Waals surface area contributed by atoms with E-state index < -0.39 is 0 Å². The van der Waals surface area contributed by atoms with E-state index in [2.05, 4.69) is 10.3 Å². The van der Waals surface area contributed by atoms with Crippen molar-refractivity contribution >= 4 is 5.91 Å². The van der Waals surface area contributed by atoms with Crippen molar-refractivity contribution in [3.63, 3.8) is 0 Å². The van der Waals surface area contributed by atoms with Gasteiger partial charge in [0.05, 0.1) is 0 Å². The minimum atomic E-state index is -0.287. The fourth-order valence-electron chi connectivity index (χ4n) is 1.54. The Morgan fingerprint density at radius 1 is 1.22 bits per heavy atom. The highest BCUT2D eigenvalue weighted by Crippen LogP contribution is 2.03. The molecule has 92 valence electrons. The third-order valence-corrected chi connectivity index (χ3v) is 2.49. The Hall–Kier alpha value is -2.23. The van der Waals surface area contributed by atoms with E-state index in [-0.39, 0.29) is 11.7 Å². The predicted molar refractivity (Wildman–Crippen MR) is 66.5 cm³/mol. The Morgan fingerprint density at radius 3 is 2.61 bits per heavy atom. The molecule has 4 heteroatoms. The van der Waals surface area contributed by atoms with Crippen LogP contribution < -0.4 is 5.32 Å². The van der Waals surface area contributed by atoms with Crippen molar-refractivity contribution < 1.29 is 9.18 Å². The molecule has 0 fully saturated rings. The molecule has 2 rings (SSSR count). The van der Waals surface area contributed by atoms with Crippen molar-refractivity contribution in [2.75, 3.05) is 0 Å². The van der Waals surface area contributed by atoms with E-state index >= 15 is 0 Å². The van der Waals surface area contributed by atoms with Gasteiger partial charge in [0.25, 0.3) is 5.91 Å². The predicted octanol–water partition coefficient (Wildman–Crippen LogP) is 2.46. The molecular weight excluding hydrogens is 231 g/mol. The summed E-state index contributed by atoms with van der Waals surface area (Å²) in [6, 6.07) is 11.3. The summed E-state index contributed by atoms with van der Waals surface area (Å²) >= 11 is 0. The van der Waals surface area contributed by atoms with Crippen LogP contribution in [0.4, 0.5) is 4.39 Å². The molecule has 3 nitrogen and oxygen atoms in total. The first-order valence-electron chi connectivity index (χ1n) is 5.61. The van der Waals surface area contributed by atoms with Crippen LogP contribution in [0, 0.1) is 12.7 Å². The van der Waals surface area contributed by atoms with Gasteiger partial charge in [-0.15, -0.1) is 0 Å². The van der Waals surface area contributed by atoms with Crippen molar-refractivity contribution in [3.8, 4) is 0 Å². The Bertz CT molecular complexity index is 552. The summed E-state index contributed by atoms with van der Waals surface area (Å²) < 4.78 is 12.7. The second-order valence-corrected chi connectivity index (χ2v) is 3.97. The van der Waals surface area contributed by atoms with Crippen molar-refractivity contribution in [1.29, 1.82) is 0 Å². The van der Waals surface area contributed by atoms with Gasteiger partial charge in [-0.3, -0.25) is 4.79 Å². The zero-order valence-corrected chi connectivity index (χ0v) is 9.98. The molecule has 0 bridgehead atoms. The number of aryl methyl sites for hydroxylation is 1. The molecule has 0 radical (unpaired) electrons. The van der Waals surface area contributed by atoms with E-state index in [1.54, 1.807) is 24.3 Å². The minimum Gasteiger partial charge on any atom is -0.347 e. The molecule has 0 spiro atoms. The van der Waals surface area contributed by atoms with E-state index in [0.717, 1.165) is 11.3 Å². The second-order valence-electron chi connectivity index (χ2n) is 3.97. The fraction of sp³-hybridized carbons (Fsp3) is 0.143. The lowest BCUT2D eigenvalue weighted by Gasteiger charge is -2.05. The number of nitrogens with zero attached hydrogens (tertiary/aromatic N) is 1. The van der Waals surface area contributed by atoms with Gasteiger partial charge in [-0.1, -0.05) is 18.2 Å². The van der Waals surface area contributed by atoms with Crippen molar-refractivity contribution in [2.45, 2.75) is 13.5 Å². The Kier molecular flexibility index (Phi) is 3.67. The average molecular weight is 244 g/mol. The molecule has 0 aliphatic rings. The molecule has 1 amide bonds. The van der Waals surface area contributed by atoms with Crippen molar-refractivity contribution in [1.82, 2.24) is 10.3 Å². The molecule has 1 aromatic carbocycles. The van der Waals surface area contributed by atoms with Crippen molar-refractivity contribution in [2.24, 2.45) is 0 Å². The molecule has 0 aliphatic carbocycles. The van der Waals surface area contributed by atoms with Crippen LogP contribution in [-0.4, -0.2) is 10.9 Å². The first-order valence-corrected chi connectivity index (χ1v) is 5.61. The van der Waals surface area contributed by atoms with Crippen LogP contribution in [0.2, 0.25) is 0 Å². The van der Waals surface area contributed by atoms with Gasteiger partial charge in [0.15, 0.2) is 0 Å². The number of rotatable bonds is 3. The molecular formula is C14H13FN2O. The summed E-state index contributed by atoms with van der Waals surface area (Å²) in [6.07, 6.45) is 0. The summed E-state index contributed by atoms with van der Waals surface area (Å²) in [4.78, 5) is 15.9. The quantitative estimate of drug-likeness (QED) is 0.901. The monoisotopic (exact) mass is 244 g/mol. The van der Waals surface area contributed by atoms with Crippen LogP contribution >= 0.6 is 0 Å². The van der Waals surface area contributed by atoms with E-state index in [1.165, 1.54) is 12.1 Å². The normalized spacial score (nSPS) is 10.1. The van der Waals surface area contributed by atoms with Gasteiger partial charge in [0.1, 0.15) is 11.5 Å². The van der Waals surface area contributed by atoms with E-state index in [4.69, 9.17) is 0 Å². The van der Waals surface area contributed by atoms with Crippen LogP contribution in [0.25, 0.3) is 0 Å². The molecule has 0 unspecified atom stereocenters. The lowest BCUT2D eigenvalue weighted by Crippen LogP contribution is -2.23. The number of carbonyl (C=O) groups is 1. The van der Waals surface area contributed by atoms with Crippen LogP contribution in [0.15, 0.2) is 42.5 Å². The molecule has 18 heavy (non-hydrogen) atoms. The van der Waals surface area contributed by atoms with Gasteiger partial charge in [0.2, 0.25) is 0 Å². The summed E-state index contributed by atoms with van der Waals surface area (Å²) in [5, 5.41) is 2.74. The van der Waals surface area contributed by atoms with Gasteiger partial charge < -0.3 is 5.32 Å². The van der Waals surface area contributed by atoms with Gasteiger partial charge in [-0.25, -0.2) is 9.37 Å². The highest BCUT2D eigenvalue weighted by atomic mass is 19.1. The third-order valence-electron chi connectivity index (χ3n) is 2.49. The molecule has 0 saturated carbocycles. The second kappa shape index (κ2) is 5.40. The van der Waals surface area contributed by atoms with Gasteiger partial charge >= 0.3 is 0 Å². The average Bonchev–Trinajstić information content (AvgIpc) is 2.38. The summed E-state index contributed by atoms with van der Waals surface area (Å²) in [5.74, 6) is -0.520. The highest BCUT2D eigenvalue weighted by molar-refractivity contribution is 5.92. The summed E-state index contributed by atoms with van der Waals surface area (Å²) in [5.41, 5.74) is 2.03. The summed E-state index contributed by atoms with van der Waals surface area (Å²) in [6.45, 7) is 2.19. The molecule has 1 heterocycles. The summed E-state index contributed by atoms with van der Waals surface area (Å²) in [7, 11) is 0. The highest BCUT2D eigenvalue weighted by Gasteiger charge is 2.06. The number of benzene rings is 1. The molecule has 2 aromatic rings.